The first-order valence-electron chi connectivity index (χ1n) is 11.2. The Labute approximate surface area is 201 Å². The summed E-state index contributed by atoms with van der Waals surface area (Å²) in [4.78, 5) is 15.2. The Kier molecular flexibility index (Phi) is 5.10. The molecule has 0 saturated heterocycles. The molecule has 4 aromatic rings. The third kappa shape index (κ3) is 3.75. The molecule has 1 N–H and O–H groups in total. The molecule has 0 aromatic heterocycles. The molecule has 0 aliphatic carbocycles. The number of alkyl halides is 3. The van der Waals surface area contributed by atoms with Gasteiger partial charge < -0.3 is 4.74 Å². The van der Waals surface area contributed by atoms with E-state index in [-0.39, 0.29) is 11.3 Å². The van der Waals surface area contributed by atoms with Crippen LogP contribution in [0.3, 0.4) is 0 Å². The average Bonchev–Trinajstić information content (AvgIpc) is 3.14. The van der Waals surface area contributed by atoms with Crippen LogP contribution in [0, 0.1) is 5.41 Å². The maximum absolute atomic E-state index is 13.8. The number of amides is 1. The Morgan fingerprint density at radius 1 is 0.743 bits per heavy atom. The Morgan fingerprint density at radius 2 is 1.20 bits per heavy atom. The number of nitrogens with one attached hydrogen (secondary N) is 1. The van der Waals surface area contributed by atoms with E-state index in [1.165, 1.54) is 11.0 Å². The molecular formula is C28H19F3N2O2. The molecule has 1 aliphatic rings. The van der Waals surface area contributed by atoms with Gasteiger partial charge in [-0.15, -0.1) is 13.2 Å². The van der Waals surface area contributed by atoms with Gasteiger partial charge in [0.2, 0.25) is 0 Å². The number of fused-ring (bicyclic) bond motifs is 1. The SMILES string of the molecule is [2H]c1c(OC(F)(F)F)ccc2c1C(=N)C(=O)N2C(c1ccccc1)(c1ccccc1)c1ccccc1. The molecule has 0 unspecified atom stereocenters. The summed E-state index contributed by atoms with van der Waals surface area (Å²) in [5.74, 6) is -1.51. The lowest BCUT2D eigenvalue weighted by Gasteiger charge is -2.43. The maximum atomic E-state index is 13.8. The number of rotatable bonds is 5. The predicted octanol–water partition coefficient (Wildman–Crippen LogP) is 6.29. The highest BCUT2D eigenvalue weighted by molar-refractivity contribution is 6.53. The third-order valence-electron chi connectivity index (χ3n) is 5.94. The van der Waals surface area contributed by atoms with Crippen LogP contribution in [-0.2, 0) is 10.3 Å². The molecule has 1 amide bonds. The molecule has 4 nitrogen and oxygen atoms in total. The molecule has 0 saturated carbocycles. The lowest BCUT2D eigenvalue weighted by molar-refractivity contribution is -0.274. The Morgan fingerprint density at radius 3 is 1.63 bits per heavy atom. The fourth-order valence-corrected chi connectivity index (χ4v) is 4.61. The molecule has 174 valence electrons. The van der Waals surface area contributed by atoms with Gasteiger partial charge in [-0.1, -0.05) is 91.0 Å². The van der Waals surface area contributed by atoms with Gasteiger partial charge in [0.15, 0.2) is 0 Å². The van der Waals surface area contributed by atoms with Crippen molar-refractivity contribution in [3.8, 4) is 5.75 Å². The van der Waals surface area contributed by atoms with Gasteiger partial charge in [0, 0.05) is 5.56 Å². The largest absolute Gasteiger partial charge is 0.573 e. The predicted molar refractivity (Wildman–Crippen MR) is 127 cm³/mol. The van der Waals surface area contributed by atoms with Gasteiger partial charge in [-0.3, -0.25) is 15.1 Å². The molecular weight excluding hydrogens is 453 g/mol. The van der Waals surface area contributed by atoms with Crippen molar-refractivity contribution >= 4 is 17.3 Å². The van der Waals surface area contributed by atoms with Crippen molar-refractivity contribution in [2.45, 2.75) is 11.9 Å². The summed E-state index contributed by atoms with van der Waals surface area (Å²) in [6.45, 7) is 0. The molecule has 7 heteroatoms. The standard InChI is InChI=1S/C28H19F3N2O2/c29-28(30,31)35-22-16-17-24-23(18-22)25(32)26(34)33(24)27(19-10-4-1-5-11-19,20-12-6-2-7-13-20)21-14-8-3-9-15-21/h1-18,32H/i18D. The van der Waals surface area contributed by atoms with Crippen LogP contribution in [0.5, 0.6) is 5.75 Å². The highest BCUT2D eigenvalue weighted by atomic mass is 19.4. The third-order valence-corrected chi connectivity index (χ3v) is 5.94. The summed E-state index contributed by atoms with van der Waals surface area (Å²) in [7, 11) is 0. The Hall–Kier alpha value is -4.39. The first kappa shape index (κ1) is 21.2. The lowest BCUT2D eigenvalue weighted by Crippen LogP contribution is -2.51. The normalized spacial score (nSPS) is 14.0. The zero-order valence-corrected chi connectivity index (χ0v) is 18.2. The van der Waals surface area contributed by atoms with E-state index in [9.17, 15) is 18.0 Å². The van der Waals surface area contributed by atoms with Crippen molar-refractivity contribution in [1.29, 1.82) is 5.41 Å². The van der Waals surface area contributed by atoms with E-state index >= 15 is 0 Å². The number of hydrogen-bond donors (Lipinski definition) is 1. The monoisotopic (exact) mass is 473 g/mol. The zero-order valence-electron chi connectivity index (χ0n) is 19.2. The second-order valence-corrected chi connectivity index (χ2v) is 7.95. The number of nitrogens with zero attached hydrogens (tertiary/aromatic N) is 1. The van der Waals surface area contributed by atoms with E-state index in [1.54, 1.807) is 0 Å². The molecule has 35 heavy (non-hydrogen) atoms. The summed E-state index contributed by atoms with van der Waals surface area (Å²) < 4.78 is 51.2. The zero-order chi connectivity index (χ0) is 25.5. The minimum absolute atomic E-state index is 0.154. The molecule has 5 rings (SSSR count). The summed E-state index contributed by atoms with van der Waals surface area (Å²) in [6.07, 6.45) is -5.02. The smallest absolute Gasteiger partial charge is 0.406 e. The van der Waals surface area contributed by atoms with Crippen molar-refractivity contribution in [2.24, 2.45) is 0 Å². The van der Waals surface area contributed by atoms with Gasteiger partial charge in [-0.05, 0) is 34.9 Å². The molecule has 0 spiro atoms. The van der Waals surface area contributed by atoms with E-state index < -0.39 is 35.3 Å². The van der Waals surface area contributed by atoms with Crippen LogP contribution < -0.4 is 9.64 Å². The number of anilines is 1. The first-order valence-corrected chi connectivity index (χ1v) is 10.7. The van der Waals surface area contributed by atoms with Crippen LogP contribution >= 0.6 is 0 Å². The lowest BCUT2D eigenvalue weighted by atomic mass is 9.75. The number of halogens is 3. The number of hydrogen-bond acceptors (Lipinski definition) is 3. The molecule has 0 radical (unpaired) electrons. The highest BCUT2D eigenvalue weighted by Crippen LogP contribution is 2.48. The Bertz CT molecular complexity index is 1350. The van der Waals surface area contributed by atoms with Crippen molar-refractivity contribution in [1.82, 2.24) is 0 Å². The average molecular weight is 473 g/mol. The molecule has 0 fully saturated rings. The van der Waals surface area contributed by atoms with Crippen LogP contribution in [-0.4, -0.2) is 18.0 Å². The molecule has 0 bridgehead atoms. The van der Waals surface area contributed by atoms with Gasteiger partial charge in [0.05, 0.1) is 7.06 Å². The maximum Gasteiger partial charge on any atom is 0.573 e. The van der Waals surface area contributed by atoms with E-state index in [0.717, 1.165) is 6.07 Å². The summed E-state index contributed by atoms with van der Waals surface area (Å²) in [5.41, 5.74) is 0.206. The van der Waals surface area contributed by atoms with Gasteiger partial charge in [0.1, 0.15) is 17.0 Å². The Balaban J connectivity index is 1.86. The number of carbonyl (C=O) groups excluding carboxylic acids is 1. The fraction of sp³-hybridized carbons (Fsp3) is 0.0714. The van der Waals surface area contributed by atoms with E-state index in [1.807, 2.05) is 91.0 Å². The molecule has 1 aliphatic heterocycles. The van der Waals surface area contributed by atoms with E-state index in [4.69, 9.17) is 6.78 Å². The van der Waals surface area contributed by atoms with Crippen molar-refractivity contribution in [2.75, 3.05) is 4.90 Å². The number of benzene rings is 4. The van der Waals surface area contributed by atoms with Crippen molar-refractivity contribution < 1.29 is 24.1 Å². The van der Waals surface area contributed by atoms with Gasteiger partial charge >= 0.3 is 6.36 Å². The second kappa shape index (κ2) is 8.43. The van der Waals surface area contributed by atoms with Crippen LogP contribution in [0.2, 0.25) is 0 Å². The fourth-order valence-electron chi connectivity index (χ4n) is 4.61. The summed E-state index contributed by atoms with van der Waals surface area (Å²) in [5, 5.41) is 8.55. The highest BCUT2D eigenvalue weighted by Gasteiger charge is 2.50. The van der Waals surface area contributed by atoms with Crippen LogP contribution in [0.25, 0.3) is 0 Å². The number of carbonyl (C=O) groups is 1. The van der Waals surface area contributed by atoms with Gasteiger partial charge in [0.25, 0.3) is 5.91 Å². The van der Waals surface area contributed by atoms with Crippen LogP contribution in [0.1, 0.15) is 23.6 Å². The second-order valence-electron chi connectivity index (χ2n) is 7.95. The summed E-state index contributed by atoms with van der Waals surface area (Å²) >= 11 is 0. The quantitative estimate of drug-likeness (QED) is 0.346. The number of ether oxygens (including phenoxy) is 1. The molecule has 0 atom stereocenters. The summed E-state index contributed by atoms with van der Waals surface area (Å²) in [6, 6.07) is 29.3. The minimum Gasteiger partial charge on any atom is -0.406 e. The first-order chi connectivity index (χ1) is 17.2. The van der Waals surface area contributed by atoms with Gasteiger partial charge in [-0.2, -0.15) is 0 Å². The van der Waals surface area contributed by atoms with E-state index in [0.29, 0.717) is 16.7 Å². The molecule has 1 heterocycles. The van der Waals surface area contributed by atoms with Gasteiger partial charge in [-0.25, -0.2) is 0 Å². The van der Waals surface area contributed by atoms with Crippen molar-refractivity contribution in [3.05, 3.63) is 131 Å². The van der Waals surface area contributed by atoms with Crippen LogP contribution in [0.4, 0.5) is 18.9 Å². The van der Waals surface area contributed by atoms with E-state index in [2.05, 4.69) is 4.74 Å². The van der Waals surface area contributed by atoms with Crippen molar-refractivity contribution in [3.63, 3.8) is 0 Å². The molecule has 4 aromatic carbocycles. The van der Waals surface area contributed by atoms with Crippen LogP contribution in [0.15, 0.2) is 109 Å². The minimum atomic E-state index is -5.02. The topological polar surface area (TPSA) is 53.4 Å².